The first kappa shape index (κ1) is 11.6. The first-order valence-corrected chi connectivity index (χ1v) is 2.38. The summed E-state index contributed by atoms with van der Waals surface area (Å²) in [5.74, 6) is -0.321. The summed E-state index contributed by atoms with van der Waals surface area (Å²) in [7, 11) is 0. The number of carbonyl (C=O) groups is 2. The molecule has 9 heavy (non-hydrogen) atoms. The van der Waals surface area contributed by atoms with Crippen molar-refractivity contribution >= 4 is 28.9 Å². The van der Waals surface area contributed by atoms with Gasteiger partial charge < -0.3 is 5.73 Å². The number of hydrogen-bond donors (Lipinski definition) is 1. The molecule has 0 fully saturated rings. The lowest BCUT2D eigenvalue weighted by Crippen LogP contribution is -2.15. The smallest absolute Gasteiger partial charge is 0.187 e. The average molecular weight is 145 g/mol. The second-order valence-electron chi connectivity index (χ2n) is 1.62. The van der Waals surface area contributed by atoms with E-state index in [1.807, 2.05) is 0 Å². The third-order valence-corrected chi connectivity index (χ3v) is 0.674. The Morgan fingerprint density at radius 2 is 1.89 bits per heavy atom. The van der Waals surface area contributed by atoms with Crippen molar-refractivity contribution in [3.63, 3.8) is 0 Å². The maximum atomic E-state index is 10.3. The zero-order valence-corrected chi connectivity index (χ0v) is 4.81. The Hall–Kier alpha value is -0.168. The summed E-state index contributed by atoms with van der Waals surface area (Å²) in [6, 6.07) is 0. The van der Waals surface area contributed by atoms with Gasteiger partial charge in [0.05, 0.1) is 13.0 Å². The number of ketones is 2. The lowest BCUT2D eigenvalue weighted by molar-refractivity contribution is -0.125. The number of Topliss-reactive ketones (excluding diaryl/α,β-unsaturated/α-hetero) is 2. The zero-order chi connectivity index (χ0) is 6.57. The van der Waals surface area contributed by atoms with Crippen molar-refractivity contribution in [2.75, 3.05) is 6.54 Å². The lowest BCUT2D eigenvalue weighted by Gasteiger charge is -1.87. The van der Waals surface area contributed by atoms with Crippen LogP contribution >= 0.6 is 0 Å². The van der Waals surface area contributed by atoms with Gasteiger partial charge in [-0.1, -0.05) is 0 Å². The normalized spacial score (nSPS) is 7.78. The number of carbonyl (C=O) groups excluding carboxylic acids is 2. The van der Waals surface area contributed by atoms with Gasteiger partial charge in [0.25, 0.3) is 0 Å². The van der Waals surface area contributed by atoms with Crippen molar-refractivity contribution in [3.05, 3.63) is 0 Å². The van der Waals surface area contributed by atoms with Gasteiger partial charge in [-0.25, -0.2) is 0 Å². The molecule has 52 valence electrons. The highest BCUT2D eigenvalue weighted by atomic mass is 27.0. The van der Waals surface area contributed by atoms with E-state index in [4.69, 9.17) is 5.73 Å². The van der Waals surface area contributed by atoms with Crippen LogP contribution in [0.2, 0.25) is 0 Å². The quantitative estimate of drug-likeness (QED) is 0.380. The second-order valence-corrected chi connectivity index (χ2v) is 1.62. The van der Waals surface area contributed by atoms with Crippen LogP contribution in [0.15, 0.2) is 0 Å². The molecule has 0 aromatic rings. The van der Waals surface area contributed by atoms with Crippen LogP contribution in [-0.4, -0.2) is 35.5 Å². The van der Waals surface area contributed by atoms with E-state index in [0.29, 0.717) is 0 Å². The van der Waals surface area contributed by atoms with Gasteiger partial charge in [0.1, 0.15) is 5.78 Å². The molecule has 2 N–H and O–H groups in total. The van der Waals surface area contributed by atoms with Crippen molar-refractivity contribution in [3.8, 4) is 0 Å². The monoisotopic (exact) mass is 145 g/mol. The molecule has 0 aliphatic heterocycles. The molecule has 0 aromatic carbocycles. The van der Waals surface area contributed by atoms with E-state index < -0.39 is 0 Å². The summed E-state index contributed by atoms with van der Waals surface area (Å²) < 4.78 is 0. The number of nitrogens with two attached hydrogens (primary N) is 1. The zero-order valence-electron chi connectivity index (χ0n) is 4.81. The maximum Gasteiger partial charge on any atom is 0.187 e. The molecule has 0 heterocycles. The van der Waals surface area contributed by atoms with Crippen molar-refractivity contribution in [2.45, 2.75) is 13.3 Å². The molecule has 0 rings (SSSR count). The van der Waals surface area contributed by atoms with Gasteiger partial charge >= 0.3 is 0 Å². The van der Waals surface area contributed by atoms with E-state index in [2.05, 4.69) is 0 Å². The molecule has 0 spiro atoms. The van der Waals surface area contributed by atoms with Gasteiger partial charge in [0.2, 0.25) is 0 Å². The van der Waals surface area contributed by atoms with Gasteiger partial charge in [-0.05, 0) is 6.92 Å². The van der Waals surface area contributed by atoms with E-state index in [9.17, 15) is 9.59 Å². The fraction of sp³-hybridized carbons (Fsp3) is 0.600. The van der Waals surface area contributed by atoms with Crippen molar-refractivity contribution in [1.29, 1.82) is 0 Å². The predicted octanol–water partition coefficient (Wildman–Crippen LogP) is -1.69. The molecule has 0 unspecified atom stereocenters. The molecule has 0 amide bonds. The summed E-state index contributed by atoms with van der Waals surface area (Å²) in [5, 5.41) is 0. The fourth-order valence-electron chi connectivity index (χ4n) is 0.350. The van der Waals surface area contributed by atoms with Crippen molar-refractivity contribution < 1.29 is 9.59 Å². The molecule has 3 nitrogen and oxygen atoms in total. The minimum atomic E-state index is -0.197. The largest absolute Gasteiger partial charge is 0.324 e. The highest BCUT2D eigenvalue weighted by Gasteiger charge is 2.00. The molecule has 0 aliphatic carbocycles. The molecule has 0 saturated heterocycles. The lowest BCUT2D eigenvalue weighted by atomic mass is 10.2. The Balaban J connectivity index is 0. The SMILES string of the molecule is CC(=O)CC(=O)CN.[AlH3]. The van der Waals surface area contributed by atoms with Crippen LogP contribution in [-0.2, 0) is 9.59 Å². The van der Waals surface area contributed by atoms with Crippen LogP contribution in [0.1, 0.15) is 13.3 Å². The van der Waals surface area contributed by atoms with Crippen LogP contribution < -0.4 is 5.73 Å². The average Bonchev–Trinajstić information content (AvgIpc) is 1.65. The molecule has 0 aliphatic rings. The van der Waals surface area contributed by atoms with Crippen LogP contribution in [0, 0.1) is 0 Å². The molecule has 0 aromatic heterocycles. The summed E-state index contributed by atoms with van der Waals surface area (Å²) in [5.41, 5.74) is 4.92. The molecule has 4 heteroatoms. The van der Waals surface area contributed by atoms with Crippen LogP contribution in [0.3, 0.4) is 0 Å². The van der Waals surface area contributed by atoms with Crippen molar-refractivity contribution in [1.82, 2.24) is 0 Å². The third kappa shape index (κ3) is 7.83. The number of rotatable bonds is 3. The Bertz CT molecular complexity index is 114. The third-order valence-electron chi connectivity index (χ3n) is 0.674. The molecule has 0 bridgehead atoms. The standard InChI is InChI=1S/C5H9NO2.Al.3H/c1-4(7)2-5(8)3-6;;;;/h2-3,6H2,1H3;;;;. The van der Waals surface area contributed by atoms with Gasteiger partial charge in [-0.15, -0.1) is 0 Å². The summed E-state index contributed by atoms with van der Waals surface area (Å²) in [4.78, 5) is 20.4. The fourth-order valence-corrected chi connectivity index (χ4v) is 0.350. The molecular weight excluding hydrogens is 133 g/mol. The van der Waals surface area contributed by atoms with Gasteiger partial charge in [-0.3, -0.25) is 9.59 Å². The van der Waals surface area contributed by atoms with E-state index in [1.54, 1.807) is 0 Å². The summed E-state index contributed by atoms with van der Waals surface area (Å²) in [6.45, 7) is 1.34. The molecule has 0 saturated carbocycles. The highest BCUT2D eigenvalue weighted by molar-refractivity contribution is 5.98. The first-order chi connectivity index (χ1) is 3.66. The molecule has 0 atom stereocenters. The van der Waals surface area contributed by atoms with Crippen LogP contribution in [0.25, 0.3) is 0 Å². The summed E-state index contributed by atoms with van der Waals surface area (Å²) >= 11 is 0. The minimum Gasteiger partial charge on any atom is -0.324 e. The van der Waals surface area contributed by atoms with E-state index in [-0.39, 0.29) is 41.9 Å². The van der Waals surface area contributed by atoms with E-state index >= 15 is 0 Å². The second kappa shape index (κ2) is 5.96. The Morgan fingerprint density at radius 3 is 2.00 bits per heavy atom. The predicted molar refractivity (Wildman–Crippen MR) is 39.3 cm³/mol. The van der Waals surface area contributed by atoms with Crippen molar-refractivity contribution in [2.24, 2.45) is 5.73 Å². The van der Waals surface area contributed by atoms with E-state index in [0.717, 1.165) is 0 Å². The number of hydrogen-bond acceptors (Lipinski definition) is 3. The first-order valence-electron chi connectivity index (χ1n) is 2.38. The topological polar surface area (TPSA) is 60.2 Å². The Kier molecular flexibility index (Phi) is 7.69. The molecular formula is C5H12AlNO2. The van der Waals surface area contributed by atoms with Gasteiger partial charge in [-0.2, -0.15) is 0 Å². The van der Waals surface area contributed by atoms with E-state index in [1.165, 1.54) is 6.92 Å². The van der Waals surface area contributed by atoms with Crippen LogP contribution in [0.4, 0.5) is 0 Å². The summed E-state index contributed by atoms with van der Waals surface area (Å²) in [6.07, 6.45) is -0.0174. The highest BCUT2D eigenvalue weighted by Crippen LogP contribution is 1.80. The van der Waals surface area contributed by atoms with Gasteiger partial charge in [0, 0.05) is 0 Å². The Morgan fingerprint density at radius 1 is 1.44 bits per heavy atom. The molecule has 0 radical (unpaired) electrons. The Labute approximate surface area is 64.7 Å². The maximum absolute atomic E-state index is 10.3. The minimum absolute atomic E-state index is 0. The van der Waals surface area contributed by atoms with Gasteiger partial charge in [0.15, 0.2) is 23.1 Å². The van der Waals surface area contributed by atoms with Crippen LogP contribution in [0.5, 0.6) is 0 Å².